The van der Waals surface area contributed by atoms with E-state index < -0.39 is 16.8 Å². The summed E-state index contributed by atoms with van der Waals surface area (Å²) in [5, 5.41) is 12.9. The number of carbonyl (C=O) groups excluding carboxylic acids is 1. The molecule has 1 heterocycles. The van der Waals surface area contributed by atoms with Gasteiger partial charge >= 0.3 is 5.97 Å². The van der Waals surface area contributed by atoms with Crippen LogP contribution in [0.15, 0.2) is 17.5 Å². The predicted octanol–water partition coefficient (Wildman–Crippen LogP) is 1.34. The second-order valence-corrected chi connectivity index (χ2v) is 6.45. The summed E-state index contributed by atoms with van der Waals surface area (Å²) in [7, 11) is -0.960. The Hall–Kier alpha value is -1.47. The molecule has 1 aromatic heterocycles. The first-order valence-electron chi connectivity index (χ1n) is 5.49. The first kappa shape index (κ1) is 15.6. The summed E-state index contributed by atoms with van der Waals surface area (Å²) in [6.45, 7) is 1.79. The monoisotopic (exact) mass is 301 g/mol. The minimum absolute atomic E-state index is 0.170. The topological polar surface area (TPSA) is 83.5 Å². The second-order valence-electron chi connectivity index (χ2n) is 4.02. The van der Waals surface area contributed by atoms with Crippen molar-refractivity contribution in [1.29, 1.82) is 0 Å². The fourth-order valence-corrected chi connectivity index (χ4v) is 2.98. The summed E-state index contributed by atoms with van der Waals surface area (Å²) >= 11 is 1.29. The summed E-state index contributed by atoms with van der Waals surface area (Å²) < 4.78 is 11.0. The minimum atomic E-state index is -1.03. The van der Waals surface area contributed by atoms with Crippen LogP contribution in [0.2, 0.25) is 0 Å². The number of rotatable bonds is 6. The van der Waals surface area contributed by atoms with E-state index in [-0.39, 0.29) is 11.9 Å². The predicted molar refractivity (Wildman–Crippen MR) is 76.9 cm³/mol. The van der Waals surface area contributed by atoms with Gasteiger partial charge in [-0.15, -0.1) is 11.3 Å². The number of hydrogen-bond acceptors (Lipinski definition) is 4. The van der Waals surface area contributed by atoms with E-state index in [1.54, 1.807) is 24.6 Å². The molecule has 0 fully saturated rings. The lowest BCUT2D eigenvalue weighted by Gasteiger charge is -2.11. The van der Waals surface area contributed by atoms with Crippen molar-refractivity contribution >= 4 is 40.1 Å². The molecule has 0 aliphatic rings. The maximum absolute atomic E-state index is 11.8. The molecule has 0 radical (unpaired) electrons. The van der Waals surface area contributed by atoms with Crippen LogP contribution in [0.5, 0.6) is 0 Å². The molecule has 1 rings (SSSR count). The minimum Gasteiger partial charge on any atom is -0.478 e. The number of carboxylic acids is 1. The highest BCUT2D eigenvalue weighted by Gasteiger charge is 2.12. The van der Waals surface area contributed by atoms with E-state index in [1.807, 2.05) is 0 Å². The van der Waals surface area contributed by atoms with Gasteiger partial charge in [0.2, 0.25) is 0 Å². The molecule has 0 saturated carbocycles. The molecule has 1 aromatic rings. The van der Waals surface area contributed by atoms with Gasteiger partial charge in [0.1, 0.15) is 0 Å². The van der Waals surface area contributed by atoms with Crippen LogP contribution in [0.4, 0.5) is 0 Å². The van der Waals surface area contributed by atoms with Crippen LogP contribution in [0.25, 0.3) is 6.08 Å². The summed E-state index contributed by atoms with van der Waals surface area (Å²) in [4.78, 5) is 22.9. The van der Waals surface area contributed by atoms with Crippen LogP contribution >= 0.6 is 11.3 Å². The van der Waals surface area contributed by atoms with Crippen LogP contribution in [0.3, 0.4) is 0 Å². The molecule has 0 saturated heterocycles. The van der Waals surface area contributed by atoms with Crippen molar-refractivity contribution in [3.8, 4) is 0 Å². The molecule has 0 aromatic carbocycles. The maximum atomic E-state index is 11.8. The lowest BCUT2D eigenvalue weighted by Crippen LogP contribution is -2.35. The first-order valence-corrected chi connectivity index (χ1v) is 8.09. The Bertz CT molecular complexity index is 522. The van der Waals surface area contributed by atoms with Crippen molar-refractivity contribution in [1.82, 2.24) is 5.32 Å². The van der Waals surface area contributed by atoms with Crippen LogP contribution in [0.1, 0.15) is 22.2 Å². The van der Waals surface area contributed by atoms with Crippen LogP contribution in [0, 0.1) is 0 Å². The standard InChI is InChI=1S/C12H15NO4S2/c1-8(7-19(2)17)13-12(16)9-5-10(18-6-9)3-4-11(14)15/h3-6,8H,7H2,1-2H3,(H,13,16)(H,14,15)/b4-3+. The van der Waals surface area contributed by atoms with E-state index in [2.05, 4.69) is 5.32 Å². The Morgan fingerprint density at radius 3 is 2.84 bits per heavy atom. The number of carboxylic acid groups (broad SMARTS) is 1. The van der Waals surface area contributed by atoms with Crippen molar-refractivity contribution in [2.75, 3.05) is 12.0 Å². The van der Waals surface area contributed by atoms with Gasteiger partial charge in [0, 0.05) is 45.2 Å². The molecule has 104 valence electrons. The van der Waals surface area contributed by atoms with E-state index >= 15 is 0 Å². The Labute approximate surface area is 117 Å². The SMILES string of the molecule is CC(CS(C)=O)NC(=O)c1csc(/C=C/C(=O)O)c1. The third kappa shape index (κ3) is 5.80. The molecular formula is C12H15NO4S2. The van der Waals surface area contributed by atoms with E-state index in [0.29, 0.717) is 16.2 Å². The maximum Gasteiger partial charge on any atom is 0.328 e. The summed E-state index contributed by atoms with van der Waals surface area (Å²) in [6, 6.07) is 1.45. The van der Waals surface area contributed by atoms with Crippen LogP contribution < -0.4 is 5.32 Å². The smallest absolute Gasteiger partial charge is 0.328 e. The summed E-state index contributed by atoms with van der Waals surface area (Å²) in [5.41, 5.74) is 0.476. The van der Waals surface area contributed by atoms with E-state index in [4.69, 9.17) is 5.11 Å². The number of amides is 1. The van der Waals surface area contributed by atoms with Gasteiger partial charge in [0.25, 0.3) is 5.91 Å². The number of carbonyl (C=O) groups is 2. The molecule has 7 heteroatoms. The molecule has 0 spiro atoms. The number of hydrogen-bond donors (Lipinski definition) is 2. The molecule has 2 atom stereocenters. The molecule has 2 unspecified atom stereocenters. The van der Waals surface area contributed by atoms with Crippen molar-refractivity contribution in [3.05, 3.63) is 28.0 Å². The van der Waals surface area contributed by atoms with Gasteiger partial charge in [-0.1, -0.05) is 0 Å². The fraction of sp³-hybridized carbons (Fsp3) is 0.333. The zero-order chi connectivity index (χ0) is 14.4. The van der Waals surface area contributed by atoms with E-state index in [9.17, 15) is 13.8 Å². The fourth-order valence-electron chi connectivity index (χ4n) is 1.41. The van der Waals surface area contributed by atoms with Gasteiger partial charge < -0.3 is 10.4 Å². The lowest BCUT2D eigenvalue weighted by molar-refractivity contribution is -0.131. The van der Waals surface area contributed by atoms with E-state index in [0.717, 1.165) is 6.08 Å². The van der Waals surface area contributed by atoms with Gasteiger partial charge in [-0.25, -0.2) is 4.79 Å². The average Bonchev–Trinajstić information content (AvgIpc) is 2.73. The largest absolute Gasteiger partial charge is 0.478 e. The zero-order valence-corrected chi connectivity index (χ0v) is 12.2. The normalized spacial score (nSPS) is 14.2. The second kappa shape index (κ2) is 7.20. The quantitative estimate of drug-likeness (QED) is 0.777. The van der Waals surface area contributed by atoms with E-state index in [1.165, 1.54) is 17.4 Å². The van der Waals surface area contributed by atoms with Crippen molar-refractivity contribution in [2.45, 2.75) is 13.0 Å². The molecule has 5 nitrogen and oxygen atoms in total. The third-order valence-corrected chi connectivity index (χ3v) is 4.00. The molecule has 0 aliphatic heterocycles. The lowest BCUT2D eigenvalue weighted by atomic mass is 10.2. The molecule has 19 heavy (non-hydrogen) atoms. The Kier molecular flexibility index (Phi) is 5.91. The Morgan fingerprint density at radius 1 is 1.58 bits per heavy atom. The van der Waals surface area contributed by atoms with Crippen molar-refractivity contribution in [3.63, 3.8) is 0 Å². The molecule has 0 bridgehead atoms. The number of aliphatic carboxylic acids is 1. The van der Waals surface area contributed by atoms with Crippen LogP contribution in [-0.2, 0) is 15.6 Å². The highest BCUT2D eigenvalue weighted by Crippen LogP contribution is 2.16. The highest BCUT2D eigenvalue weighted by atomic mass is 32.2. The molecule has 1 amide bonds. The molecule has 2 N–H and O–H groups in total. The Balaban J connectivity index is 2.63. The molecule has 0 aliphatic carbocycles. The molecular weight excluding hydrogens is 286 g/mol. The summed E-state index contributed by atoms with van der Waals surface area (Å²) in [5.74, 6) is -0.871. The first-order chi connectivity index (χ1) is 8.88. The average molecular weight is 301 g/mol. The number of nitrogens with one attached hydrogen (secondary N) is 1. The van der Waals surface area contributed by atoms with Gasteiger partial charge in [-0.3, -0.25) is 9.00 Å². The van der Waals surface area contributed by atoms with Gasteiger partial charge in [-0.2, -0.15) is 0 Å². The highest BCUT2D eigenvalue weighted by molar-refractivity contribution is 7.84. The van der Waals surface area contributed by atoms with Gasteiger partial charge in [0.15, 0.2) is 0 Å². The van der Waals surface area contributed by atoms with Crippen molar-refractivity contribution in [2.24, 2.45) is 0 Å². The van der Waals surface area contributed by atoms with Crippen molar-refractivity contribution < 1.29 is 18.9 Å². The number of thiophene rings is 1. The van der Waals surface area contributed by atoms with Gasteiger partial charge in [0.05, 0.1) is 5.56 Å². The van der Waals surface area contributed by atoms with Gasteiger partial charge in [-0.05, 0) is 19.1 Å². The third-order valence-electron chi connectivity index (χ3n) is 2.13. The Morgan fingerprint density at radius 2 is 2.26 bits per heavy atom. The zero-order valence-electron chi connectivity index (χ0n) is 10.6. The summed E-state index contributed by atoms with van der Waals surface area (Å²) in [6.07, 6.45) is 4.05. The van der Waals surface area contributed by atoms with Crippen LogP contribution in [-0.4, -0.2) is 39.2 Å².